The summed E-state index contributed by atoms with van der Waals surface area (Å²) in [6, 6.07) is 15.2. The molecule has 4 rings (SSSR count). The molecule has 2 aromatic carbocycles. The Morgan fingerprint density at radius 3 is 2.30 bits per heavy atom. The molecule has 1 aliphatic carbocycles. The Bertz CT molecular complexity index is 1160. The zero-order valence-corrected chi connectivity index (χ0v) is 19.0. The van der Waals surface area contributed by atoms with Gasteiger partial charge < -0.3 is 14.7 Å². The summed E-state index contributed by atoms with van der Waals surface area (Å²) < 4.78 is 5.49. The first-order chi connectivity index (χ1) is 15.9. The molecular formula is C24H23N3O5S. The number of aliphatic carboxylic acids is 1. The van der Waals surface area contributed by atoms with Gasteiger partial charge in [-0.15, -0.1) is 11.3 Å². The lowest BCUT2D eigenvalue weighted by molar-refractivity contribution is -0.142. The molecule has 8 nitrogen and oxygen atoms in total. The van der Waals surface area contributed by atoms with Gasteiger partial charge in [0.15, 0.2) is 5.13 Å². The third kappa shape index (κ3) is 4.45. The number of hydrogen-bond donors (Lipinski definition) is 2. The van der Waals surface area contributed by atoms with Crippen LogP contribution in [-0.4, -0.2) is 52.7 Å². The predicted molar refractivity (Wildman–Crippen MR) is 125 cm³/mol. The Labute approximate surface area is 194 Å². The Balaban J connectivity index is 1.39. The van der Waals surface area contributed by atoms with Gasteiger partial charge in [-0.2, -0.15) is 0 Å². The molecule has 0 bridgehead atoms. The molecule has 1 unspecified atom stereocenters. The van der Waals surface area contributed by atoms with E-state index in [9.17, 15) is 19.5 Å². The number of benzene rings is 2. The van der Waals surface area contributed by atoms with Gasteiger partial charge in [0.2, 0.25) is 0 Å². The van der Waals surface area contributed by atoms with Gasteiger partial charge in [0, 0.05) is 18.3 Å². The molecule has 1 heterocycles. The number of fused-ring (bicyclic) bond motifs is 3. The highest BCUT2D eigenvalue weighted by atomic mass is 32.1. The number of hydrogen-bond acceptors (Lipinski definition) is 6. The third-order valence-corrected chi connectivity index (χ3v) is 6.49. The van der Waals surface area contributed by atoms with E-state index in [4.69, 9.17) is 4.74 Å². The van der Waals surface area contributed by atoms with Crippen LogP contribution in [0.2, 0.25) is 0 Å². The normalized spacial score (nSPS) is 13.0. The van der Waals surface area contributed by atoms with Crippen molar-refractivity contribution in [3.05, 3.63) is 70.7 Å². The highest BCUT2D eigenvalue weighted by Crippen LogP contribution is 2.44. The van der Waals surface area contributed by atoms with E-state index in [2.05, 4.69) is 22.4 Å². The second-order valence-electron chi connectivity index (χ2n) is 7.67. The van der Waals surface area contributed by atoms with Crippen LogP contribution in [0.25, 0.3) is 11.1 Å². The van der Waals surface area contributed by atoms with Crippen LogP contribution in [0.3, 0.4) is 0 Å². The average molecular weight is 466 g/mol. The molecule has 9 heteroatoms. The third-order valence-electron chi connectivity index (χ3n) is 5.74. The first kappa shape index (κ1) is 22.5. The maximum atomic E-state index is 12.5. The number of carbonyl (C=O) groups is 3. The van der Waals surface area contributed by atoms with Crippen molar-refractivity contribution >= 4 is 34.4 Å². The fraction of sp³-hybridized carbons (Fsp3) is 0.250. The highest BCUT2D eigenvalue weighted by molar-refractivity contribution is 7.14. The molecule has 0 aliphatic heterocycles. The standard InChI is InChI=1S/C24H23N3O5S/c1-3-20(22(29)30)27(2)21(28)19-13-33-23(25-19)26-24(31)32-12-18-16-10-6-4-8-14(16)15-9-5-7-11-17(15)18/h4-11,13,18,20H,3,12H2,1-2H3,(H,29,30)(H,25,26,31). The lowest BCUT2D eigenvalue weighted by atomic mass is 9.98. The molecular weight excluding hydrogens is 442 g/mol. The number of anilines is 1. The summed E-state index contributed by atoms with van der Waals surface area (Å²) in [4.78, 5) is 41.5. The topological polar surface area (TPSA) is 109 Å². The second-order valence-corrected chi connectivity index (χ2v) is 8.52. The number of nitrogens with zero attached hydrogens (tertiary/aromatic N) is 2. The molecule has 1 aromatic heterocycles. The van der Waals surface area contributed by atoms with Crippen LogP contribution in [0.15, 0.2) is 53.9 Å². The maximum absolute atomic E-state index is 12.5. The van der Waals surface area contributed by atoms with Gasteiger partial charge in [-0.3, -0.25) is 10.1 Å². The lowest BCUT2D eigenvalue weighted by Crippen LogP contribution is -2.42. The Morgan fingerprint density at radius 2 is 1.73 bits per heavy atom. The molecule has 0 spiro atoms. The number of carbonyl (C=O) groups excluding carboxylic acids is 2. The number of carboxylic acids is 1. The van der Waals surface area contributed by atoms with E-state index >= 15 is 0 Å². The van der Waals surface area contributed by atoms with Gasteiger partial charge in [-0.1, -0.05) is 55.5 Å². The van der Waals surface area contributed by atoms with E-state index in [0.717, 1.165) is 38.5 Å². The van der Waals surface area contributed by atoms with Gasteiger partial charge in [-0.25, -0.2) is 14.6 Å². The lowest BCUT2D eigenvalue weighted by Gasteiger charge is -2.22. The van der Waals surface area contributed by atoms with Crippen LogP contribution in [0.4, 0.5) is 9.93 Å². The minimum atomic E-state index is -1.08. The summed E-state index contributed by atoms with van der Waals surface area (Å²) in [6.45, 7) is 1.85. The largest absolute Gasteiger partial charge is 0.480 e. The minimum absolute atomic E-state index is 0.0628. The van der Waals surface area contributed by atoms with E-state index in [1.807, 2.05) is 36.4 Å². The summed E-state index contributed by atoms with van der Waals surface area (Å²) in [5, 5.41) is 13.5. The fourth-order valence-corrected chi connectivity index (χ4v) is 4.76. The number of likely N-dealkylation sites (N-methyl/N-ethyl adjacent to an activating group) is 1. The Kier molecular flexibility index (Phi) is 6.41. The van der Waals surface area contributed by atoms with Gasteiger partial charge in [0.1, 0.15) is 18.3 Å². The van der Waals surface area contributed by atoms with E-state index in [1.54, 1.807) is 6.92 Å². The zero-order chi connectivity index (χ0) is 23.5. The molecule has 3 aromatic rings. The molecule has 170 valence electrons. The fourth-order valence-electron chi connectivity index (χ4n) is 4.09. The first-order valence-electron chi connectivity index (χ1n) is 10.5. The van der Waals surface area contributed by atoms with E-state index in [1.165, 1.54) is 12.4 Å². The van der Waals surface area contributed by atoms with Crippen LogP contribution in [-0.2, 0) is 9.53 Å². The molecule has 0 fully saturated rings. The van der Waals surface area contributed by atoms with Crippen molar-refractivity contribution in [1.29, 1.82) is 0 Å². The summed E-state index contributed by atoms with van der Waals surface area (Å²) >= 11 is 1.07. The monoisotopic (exact) mass is 465 g/mol. The van der Waals surface area contributed by atoms with Gasteiger partial charge in [0.25, 0.3) is 5.91 Å². The van der Waals surface area contributed by atoms with Crippen molar-refractivity contribution in [3.8, 4) is 11.1 Å². The SMILES string of the molecule is CCC(C(=O)O)N(C)C(=O)c1csc(NC(=O)OCC2c3ccccc3-c3ccccc32)n1. The van der Waals surface area contributed by atoms with Crippen LogP contribution < -0.4 is 5.32 Å². The van der Waals surface area contributed by atoms with Crippen molar-refractivity contribution in [2.45, 2.75) is 25.3 Å². The van der Waals surface area contributed by atoms with Crippen molar-refractivity contribution < 1.29 is 24.2 Å². The smallest absolute Gasteiger partial charge is 0.413 e. The Morgan fingerprint density at radius 1 is 1.12 bits per heavy atom. The number of amides is 2. The maximum Gasteiger partial charge on any atom is 0.413 e. The summed E-state index contributed by atoms with van der Waals surface area (Å²) in [6.07, 6.45) is -0.400. The van der Waals surface area contributed by atoms with Crippen LogP contribution in [0.1, 0.15) is 40.9 Å². The highest BCUT2D eigenvalue weighted by Gasteiger charge is 2.30. The van der Waals surface area contributed by atoms with E-state index in [0.29, 0.717) is 0 Å². The molecule has 0 saturated carbocycles. The first-order valence-corrected chi connectivity index (χ1v) is 11.4. The van der Waals surface area contributed by atoms with Crippen molar-refractivity contribution in [1.82, 2.24) is 9.88 Å². The van der Waals surface area contributed by atoms with Gasteiger partial charge in [-0.05, 0) is 28.7 Å². The van der Waals surface area contributed by atoms with E-state index in [-0.39, 0.29) is 29.8 Å². The molecule has 2 N–H and O–H groups in total. The van der Waals surface area contributed by atoms with Gasteiger partial charge in [0.05, 0.1) is 0 Å². The predicted octanol–water partition coefficient (Wildman–Crippen LogP) is 4.44. The number of carboxylic acid groups (broad SMARTS) is 1. The molecule has 1 aliphatic rings. The molecule has 0 saturated heterocycles. The Hall–Kier alpha value is -3.72. The molecule has 2 amide bonds. The summed E-state index contributed by atoms with van der Waals surface area (Å²) in [7, 11) is 1.42. The van der Waals surface area contributed by atoms with Crippen LogP contribution in [0, 0.1) is 0 Å². The number of ether oxygens (including phenoxy) is 1. The molecule has 33 heavy (non-hydrogen) atoms. The summed E-state index contributed by atoms with van der Waals surface area (Å²) in [5.74, 6) is -1.67. The van der Waals surface area contributed by atoms with Crippen LogP contribution >= 0.6 is 11.3 Å². The number of nitrogens with one attached hydrogen (secondary N) is 1. The van der Waals surface area contributed by atoms with Crippen LogP contribution in [0.5, 0.6) is 0 Å². The zero-order valence-electron chi connectivity index (χ0n) is 18.1. The molecule has 1 atom stereocenters. The molecule has 0 radical (unpaired) electrons. The second kappa shape index (κ2) is 9.41. The van der Waals surface area contributed by atoms with Crippen molar-refractivity contribution in [3.63, 3.8) is 0 Å². The summed E-state index contributed by atoms with van der Waals surface area (Å²) in [5.41, 5.74) is 4.57. The minimum Gasteiger partial charge on any atom is -0.480 e. The average Bonchev–Trinajstić information content (AvgIpc) is 3.40. The number of rotatable bonds is 7. The number of thiazole rings is 1. The van der Waals surface area contributed by atoms with E-state index < -0.39 is 24.0 Å². The number of aromatic nitrogens is 1. The van der Waals surface area contributed by atoms with Crippen molar-refractivity contribution in [2.75, 3.05) is 19.0 Å². The van der Waals surface area contributed by atoms with Gasteiger partial charge >= 0.3 is 12.1 Å². The van der Waals surface area contributed by atoms with Crippen molar-refractivity contribution in [2.24, 2.45) is 0 Å². The quantitative estimate of drug-likeness (QED) is 0.534.